The molecule has 7 nitrogen and oxygen atoms in total. The van der Waals surface area contributed by atoms with Crippen molar-refractivity contribution in [3.05, 3.63) is 96.8 Å². The Labute approximate surface area is 190 Å². The molecule has 0 radical (unpaired) electrons. The number of ether oxygens (including phenoxy) is 2. The van der Waals surface area contributed by atoms with E-state index in [1.807, 2.05) is 60.8 Å². The van der Waals surface area contributed by atoms with Crippen LogP contribution in [0.3, 0.4) is 0 Å². The molecule has 3 aromatic heterocycles. The van der Waals surface area contributed by atoms with Crippen LogP contribution in [0.5, 0.6) is 11.5 Å². The third-order valence-electron chi connectivity index (χ3n) is 5.76. The highest BCUT2D eigenvalue weighted by atomic mass is 32.1. The van der Waals surface area contributed by atoms with Crippen molar-refractivity contribution in [3.8, 4) is 17.2 Å². The van der Waals surface area contributed by atoms with E-state index in [1.54, 1.807) is 12.4 Å². The fourth-order valence-corrected chi connectivity index (χ4v) is 4.69. The lowest BCUT2D eigenvalue weighted by molar-refractivity contribution is 0.174. The van der Waals surface area contributed by atoms with Gasteiger partial charge in [-0.2, -0.15) is 0 Å². The van der Waals surface area contributed by atoms with E-state index in [1.165, 1.54) is 0 Å². The number of nitrogens with one attached hydrogen (secondary N) is 1. The molecule has 32 heavy (non-hydrogen) atoms. The third-order valence-corrected chi connectivity index (χ3v) is 6.07. The fraction of sp³-hybridized carbons (Fsp3) is 0.125. The Morgan fingerprint density at radius 2 is 1.78 bits per heavy atom. The maximum absolute atomic E-state index is 5.83. The number of hydrogen-bond acceptors (Lipinski definition) is 5. The van der Waals surface area contributed by atoms with E-state index in [4.69, 9.17) is 21.7 Å². The molecule has 158 valence electrons. The van der Waals surface area contributed by atoms with Gasteiger partial charge in [0.2, 0.25) is 6.79 Å². The second-order valence-electron chi connectivity index (χ2n) is 7.54. The molecule has 1 aromatic carbocycles. The number of pyridine rings is 2. The van der Waals surface area contributed by atoms with Crippen LogP contribution in [-0.2, 0) is 0 Å². The van der Waals surface area contributed by atoms with Crippen molar-refractivity contribution < 1.29 is 9.47 Å². The van der Waals surface area contributed by atoms with Gasteiger partial charge < -0.3 is 24.3 Å². The van der Waals surface area contributed by atoms with Crippen LogP contribution in [0, 0.1) is 0 Å². The van der Waals surface area contributed by atoms with E-state index >= 15 is 0 Å². The Morgan fingerprint density at radius 1 is 0.906 bits per heavy atom. The summed E-state index contributed by atoms with van der Waals surface area (Å²) in [5.74, 6) is 1.46. The number of hydrogen-bond donors (Lipinski definition) is 1. The van der Waals surface area contributed by atoms with Gasteiger partial charge in [-0.3, -0.25) is 9.97 Å². The van der Waals surface area contributed by atoms with E-state index in [0.29, 0.717) is 5.11 Å². The van der Waals surface area contributed by atoms with Crippen molar-refractivity contribution in [1.29, 1.82) is 0 Å². The number of anilines is 1. The van der Waals surface area contributed by atoms with Crippen LogP contribution in [0.4, 0.5) is 5.69 Å². The Balaban J connectivity index is 1.50. The molecular weight excluding hydrogens is 422 g/mol. The van der Waals surface area contributed by atoms with Gasteiger partial charge in [0, 0.05) is 47.9 Å². The summed E-state index contributed by atoms with van der Waals surface area (Å²) < 4.78 is 13.3. The van der Waals surface area contributed by atoms with Gasteiger partial charge in [-0.05, 0) is 60.7 Å². The summed E-state index contributed by atoms with van der Waals surface area (Å²) in [6, 6.07) is 19.7. The summed E-state index contributed by atoms with van der Waals surface area (Å²) in [5.41, 5.74) is 3.96. The average molecular weight is 442 g/mol. The second kappa shape index (κ2) is 7.65. The number of fused-ring (bicyclic) bond motifs is 1. The summed E-state index contributed by atoms with van der Waals surface area (Å²) in [4.78, 5) is 10.9. The predicted molar refractivity (Wildman–Crippen MR) is 124 cm³/mol. The molecule has 2 aliphatic heterocycles. The third kappa shape index (κ3) is 3.07. The van der Waals surface area contributed by atoms with Crippen LogP contribution in [0.1, 0.15) is 23.5 Å². The summed E-state index contributed by atoms with van der Waals surface area (Å²) in [6.45, 7) is 0.229. The van der Waals surface area contributed by atoms with E-state index in [2.05, 4.69) is 37.0 Å². The first-order valence-corrected chi connectivity index (χ1v) is 10.7. The van der Waals surface area contributed by atoms with E-state index < -0.39 is 0 Å². The van der Waals surface area contributed by atoms with Gasteiger partial charge in [0.1, 0.15) is 6.04 Å². The van der Waals surface area contributed by atoms with Gasteiger partial charge in [0.15, 0.2) is 16.6 Å². The number of rotatable bonds is 4. The van der Waals surface area contributed by atoms with Gasteiger partial charge >= 0.3 is 0 Å². The maximum Gasteiger partial charge on any atom is 0.231 e. The standard InChI is InChI=1S/C24H19N5O2S/c32-24-27-22(18-4-1-2-10-26-18)23(19-5-3-13-28(19)16-8-11-25-12-9-16)29(24)17-6-7-20-21(14-17)31-15-30-20/h1-14,22-23H,15H2,(H,27,32)/t22-,23-/m1/s1. The maximum atomic E-state index is 5.83. The van der Waals surface area contributed by atoms with Crippen molar-refractivity contribution >= 4 is 23.0 Å². The number of nitrogens with zero attached hydrogens (tertiary/aromatic N) is 4. The summed E-state index contributed by atoms with van der Waals surface area (Å²) in [5, 5.41) is 4.13. The molecule has 0 unspecified atom stereocenters. The summed E-state index contributed by atoms with van der Waals surface area (Å²) >= 11 is 5.83. The van der Waals surface area contributed by atoms with Crippen LogP contribution in [-0.4, -0.2) is 26.4 Å². The zero-order chi connectivity index (χ0) is 21.5. The van der Waals surface area contributed by atoms with Gasteiger partial charge in [-0.1, -0.05) is 6.07 Å². The van der Waals surface area contributed by atoms with Crippen molar-refractivity contribution in [3.63, 3.8) is 0 Å². The molecule has 2 aliphatic rings. The number of thiocarbonyl (C=S) groups is 1. The molecule has 8 heteroatoms. The first kappa shape index (κ1) is 18.8. The normalized spacial score (nSPS) is 19.2. The molecule has 1 saturated heterocycles. The summed E-state index contributed by atoms with van der Waals surface area (Å²) in [7, 11) is 0. The molecule has 0 amide bonds. The molecule has 2 atom stereocenters. The van der Waals surface area contributed by atoms with Gasteiger partial charge in [0.25, 0.3) is 0 Å². The van der Waals surface area contributed by atoms with Crippen molar-refractivity contribution in [2.24, 2.45) is 0 Å². The molecule has 1 fully saturated rings. The average Bonchev–Trinajstić information content (AvgIpc) is 3.57. The first-order chi connectivity index (χ1) is 15.8. The predicted octanol–water partition coefficient (Wildman–Crippen LogP) is 4.17. The van der Waals surface area contributed by atoms with Crippen LogP contribution < -0.4 is 19.7 Å². The lowest BCUT2D eigenvalue weighted by Crippen LogP contribution is -2.30. The Hall–Kier alpha value is -3.91. The highest BCUT2D eigenvalue weighted by Gasteiger charge is 2.42. The van der Waals surface area contributed by atoms with Crippen LogP contribution >= 0.6 is 12.2 Å². The molecule has 0 spiro atoms. The molecule has 6 rings (SSSR count). The van der Waals surface area contributed by atoms with Crippen LogP contribution in [0.2, 0.25) is 0 Å². The minimum Gasteiger partial charge on any atom is -0.454 e. The topological polar surface area (TPSA) is 64.4 Å². The molecule has 0 bridgehead atoms. The second-order valence-corrected chi connectivity index (χ2v) is 7.93. The molecular formula is C24H19N5O2S. The quantitative estimate of drug-likeness (QED) is 0.477. The lowest BCUT2D eigenvalue weighted by Gasteiger charge is -2.29. The Bertz CT molecular complexity index is 1280. The largest absolute Gasteiger partial charge is 0.454 e. The SMILES string of the molecule is S=C1N[C@H](c2ccccn2)[C@@H](c2cccn2-c2ccncc2)N1c1ccc2c(c1)OCO2. The smallest absolute Gasteiger partial charge is 0.231 e. The van der Waals surface area contributed by atoms with Crippen molar-refractivity contribution in [2.45, 2.75) is 12.1 Å². The van der Waals surface area contributed by atoms with Crippen molar-refractivity contribution in [2.75, 3.05) is 11.7 Å². The lowest BCUT2D eigenvalue weighted by atomic mass is 10.0. The molecule has 5 heterocycles. The minimum absolute atomic E-state index is 0.135. The molecule has 0 saturated carbocycles. The van der Waals surface area contributed by atoms with E-state index in [9.17, 15) is 0 Å². The van der Waals surface area contributed by atoms with Gasteiger partial charge in [-0.15, -0.1) is 0 Å². The first-order valence-electron chi connectivity index (χ1n) is 10.3. The Morgan fingerprint density at radius 3 is 2.62 bits per heavy atom. The minimum atomic E-state index is -0.138. The van der Waals surface area contributed by atoms with E-state index in [-0.39, 0.29) is 18.9 Å². The molecule has 0 aliphatic carbocycles. The van der Waals surface area contributed by atoms with Crippen LogP contribution in [0.15, 0.2) is 85.5 Å². The summed E-state index contributed by atoms with van der Waals surface area (Å²) in [6.07, 6.45) is 7.45. The highest BCUT2D eigenvalue weighted by Crippen LogP contribution is 2.44. The number of aromatic nitrogens is 3. The Kier molecular flexibility index (Phi) is 4.50. The molecule has 1 N–H and O–H groups in total. The highest BCUT2D eigenvalue weighted by molar-refractivity contribution is 7.80. The monoisotopic (exact) mass is 441 g/mol. The number of benzene rings is 1. The van der Waals surface area contributed by atoms with Gasteiger partial charge in [0.05, 0.1) is 11.7 Å². The zero-order valence-electron chi connectivity index (χ0n) is 17.0. The fourth-order valence-electron chi connectivity index (χ4n) is 4.34. The van der Waals surface area contributed by atoms with Crippen LogP contribution in [0.25, 0.3) is 5.69 Å². The van der Waals surface area contributed by atoms with Gasteiger partial charge in [-0.25, -0.2) is 0 Å². The van der Waals surface area contributed by atoms with Crippen molar-refractivity contribution in [1.82, 2.24) is 19.9 Å². The molecule has 4 aromatic rings. The van der Waals surface area contributed by atoms with E-state index in [0.717, 1.165) is 34.3 Å². The zero-order valence-corrected chi connectivity index (χ0v) is 17.8.